The summed E-state index contributed by atoms with van der Waals surface area (Å²) < 4.78 is 12.4. The number of rotatable bonds is 1. The van der Waals surface area contributed by atoms with Gasteiger partial charge < -0.3 is 9.47 Å². The first kappa shape index (κ1) is 17.6. The topological polar surface area (TPSA) is 42.2 Å². The fourth-order valence-electron chi connectivity index (χ4n) is 3.88. The fourth-order valence-corrected chi connectivity index (χ4v) is 4.01. The first-order valence-electron chi connectivity index (χ1n) is 9.38. The minimum atomic E-state index is 0.511. The number of ether oxygens (including phenoxy) is 2. The molecule has 0 saturated carbocycles. The molecule has 0 radical (unpaired) electrons. The number of benzene rings is 3. The maximum Gasteiger partial charge on any atom is 0.142 e. The lowest BCUT2D eigenvalue weighted by Gasteiger charge is -2.23. The summed E-state index contributed by atoms with van der Waals surface area (Å²) in [5.41, 5.74) is 4.02. The summed E-state index contributed by atoms with van der Waals surface area (Å²) in [7, 11) is 0. The van der Waals surface area contributed by atoms with Crippen LogP contribution in [0, 0.1) is 11.3 Å². The van der Waals surface area contributed by atoms with Crippen molar-refractivity contribution in [3.05, 3.63) is 100 Å². The molecule has 0 fully saturated rings. The zero-order chi connectivity index (χ0) is 19.8. The second-order valence-corrected chi connectivity index (χ2v) is 7.35. The van der Waals surface area contributed by atoms with Gasteiger partial charge in [-0.15, -0.1) is 0 Å². The summed E-state index contributed by atoms with van der Waals surface area (Å²) in [5.74, 6) is 2.08. The van der Waals surface area contributed by atoms with Crippen molar-refractivity contribution in [3.63, 3.8) is 0 Å². The standard InChI is InChI=1S/C25H16ClNO2/c26-18-8-5-17(6-9-18)23-15-19(11-13-27)29-25-21(23)12-14-28-24-20-4-2-1-3-16(20)7-10-22(24)25/h1-11,15H,12,14H2/b19-11-. The molecule has 0 spiro atoms. The van der Waals surface area contributed by atoms with Crippen molar-refractivity contribution in [3.8, 4) is 11.8 Å². The van der Waals surface area contributed by atoms with Crippen LogP contribution in [0.4, 0.5) is 0 Å². The van der Waals surface area contributed by atoms with E-state index in [9.17, 15) is 5.26 Å². The van der Waals surface area contributed by atoms with Crippen molar-refractivity contribution in [1.29, 1.82) is 5.26 Å². The van der Waals surface area contributed by atoms with Gasteiger partial charge in [-0.3, -0.25) is 0 Å². The van der Waals surface area contributed by atoms with Crippen LogP contribution in [0.3, 0.4) is 0 Å². The van der Waals surface area contributed by atoms with Gasteiger partial charge in [0, 0.05) is 22.4 Å². The molecule has 0 amide bonds. The first-order valence-corrected chi connectivity index (χ1v) is 9.76. The maximum atomic E-state index is 9.21. The Balaban J connectivity index is 1.75. The van der Waals surface area contributed by atoms with Crippen LogP contribution in [0.15, 0.2) is 84.1 Å². The summed E-state index contributed by atoms with van der Waals surface area (Å²) in [6, 6.07) is 22.1. The second-order valence-electron chi connectivity index (χ2n) is 6.91. The van der Waals surface area contributed by atoms with Crippen molar-refractivity contribution in [2.75, 3.05) is 6.61 Å². The Kier molecular flexibility index (Phi) is 4.35. The van der Waals surface area contributed by atoms with Gasteiger partial charge in [0.25, 0.3) is 0 Å². The number of fused-ring (bicyclic) bond motifs is 4. The van der Waals surface area contributed by atoms with Crippen LogP contribution in [0.5, 0.6) is 5.75 Å². The van der Waals surface area contributed by atoms with Gasteiger partial charge in [-0.1, -0.05) is 54.1 Å². The highest BCUT2D eigenvalue weighted by atomic mass is 35.5. The molecule has 3 aromatic rings. The van der Waals surface area contributed by atoms with Crippen LogP contribution < -0.4 is 4.74 Å². The van der Waals surface area contributed by atoms with Crippen LogP contribution in [0.1, 0.15) is 17.5 Å². The zero-order valence-corrected chi connectivity index (χ0v) is 16.2. The van der Waals surface area contributed by atoms with Crippen molar-refractivity contribution in [1.82, 2.24) is 0 Å². The molecule has 140 valence electrons. The van der Waals surface area contributed by atoms with Crippen LogP contribution in [-0.4, -0.2) is 6.61 Å². The molecule has 0 saturated heterocycles. The average molecular weight is 398 g/mol. The molecule has 2 aliphatic heterocycles. The van der Waals surface area contributed by atoms with E-state index in [0.29, 0.717) is 23.8 Å². The summed E-state index contributed by atoms with van der Waals surface area (Å²) in [6.07, 6.45) is 4.04. The van der Waals surface area contributed by atoms with Crippen molar-refractivity contribution < 1.29 is 9.47 Å². The monoisotopic (exact) mass is 397 g/mol. The Morgan fingerprint density at radius 3 is 2.66 bits per heavy atom. The SMILES string of the molecule is N#C/C=C1/C=C(c2ccc(Cl)cc2)C2=C(O1)c1ccc3ccccc3c1OCC2. The Morgan fingerprint density at radius 1 is 1.00 bits per heavy atom. The smallest absolute Gasteiger partial charge is 0.142 e. The van der Waals surface area contributed by atoms with Crippen molar-refractivity contribution in [2.45, 2.75) is 6.42 Å². The number of hydrogen-bond donors (Lipinski definition) is 0. The van der Waals surface area contributed by atoms with E-state index in [2.05, 4.69) is 24.3 Å². The van der Waals surface area contributed by atoms with E-state index in [1.165, 1.54) is 6.08 Å². The molecule has 2 aliphatic rings. The van der Waals surface area contributed by atoms with Crippen molar-refractivity contribution in [2.24, 2.45) is 0 Å². The molecule has 0 aliphatic carbocycles. The first-order chi connectivity index (χ1) is 14.2. The van der Waals surface area contributed by atoms with Gasteiger partial charge in [-0.25, -0.2) is 0 Å². The molecular weight excluding hydrogens is 382 g/mol. The summed E-state index contributed by atoms with van der Waals surface area (Å²) in [6.45, 7) is 0.547. The summed E-state index contributed by atoms with van der Waals surface area (Å²) in [4.78, 5) is 0. The van der Waals surface area contributed by atoms with E-state index < -0.39 is 0 Å². The van der Waals surface area contributed by atoms with Gasteiger partial charge >= 0.3 is 0 Å². The molecule has 2 heterocycles. The fraction of sp³-hybridized carbons (Fsp3) is 0.0800. The highest BCUT2D eigenvalue weighted by Gasteiger charge is 2.28. The third kappa shape index (κ3) is 3.08. The second kappa shape index (κ2) is 7.16. The van der Waals surface area contributed by atoms with Gasteiger partial charge in [0.15, 0.2) is 0 Å². The normalized spacial score (nSPS) is 16.8. The van der Waals surface area contributed by atoms with Gasteiger partial charge in [0.2, 0.25) is 0 Å². The van der Waals surface area contributed by atoms with Crippen LogP contribution in [0.25, 0.3) is 22.1 Å². The minimum Gasteiger partial charge on any atom is -0.492 e. The molecule has 3 aromatic carbocycles. The zero-order valence-electron chi connectivity index (χ0n) is 15.5. The Hall–Kier alpha value is -3.48. The van der Waals surface area contributed by atoms with E-state index in [1.54, 1.807) is 0 Å². The molecule has 5 rings (SSSR count). The van der Waals surface area contributed by atoms with Gasteiger partial charge in [0.1, 0.15) is 17.3 Å². The van der Waals surface area contributed by atoms with E-state index in [0.717, 1.165) is 44.6 Å². The van der Waals surface area contributed by atoms with E-state index in [-0.39, 0.29) is 0 Å². The lowest BCUT2D eigenvalue weighted by Crippen LogP contribution is -2.05. The molecular formula is C25H16ClNO2. The Morgan fingerprint density at radius 2 is 1.83 bits per heavy atom. The summed E-state index contributed by atoms with van der Waals surface area (Å²) >= 11 is 6.08. The van der Waals surface area contributed by atoms with E-state index in [4.69, 9.17) is 21.1 Å². The molecule has 0 bridgehead atoms. The lowest BCUT2D eigenvalue weighted by molar-refractivity contribution is 0.329. The number of nitrogens with zero attached hydrogens (tertiary/aromatic N) is 1. The predicted molar refractivity (Wildman–Crippen MR) is 115 cm³/mol. The largest absolute Gasteiger partial charge is 0.492 e. The molecule has 0 atom stereocenters. The minimum absolute atomic E-state index is 0.511. The Labute approximate surface area is 173 Å². The predicted octanol–water partition coefficient (Wildman–Crippen LogP) is 6.51. The number of halogens is 1. The van der Waals surface area contributed by atoms with Crippen LogP contribution >= 0.6 is 11.6 Å². The third-order valence-corrected chi connectivity index (χ3v) is 5.44. The lowest BCUT2D eigenvalue weighted by atomic mass is 9.90. The molecule has 3 nitrogen and oxygen atoms in total. The molecule has 0 aromatic heterocycles. The molecule has 0 unspecified atom stereocenters. The Bertz CT molecular complexity index is 1260. The molecule has 4 heteroatoms. The highest BCUT2D eigenvalue weighted by molar-refractivity contribution is 6.30. The quantitative estimate of drug-likeness (QED) is 0.439. The number of hydrogen-bond acceptors (Lipinski definition) is 3. The van der Waals surface area contributed by atoms with Gasteiger partial charge in [0.05, 0.1) is 24.3 Å². The number of allylic oxidation sites excluding steroid dienone is 3. The van der Waals surface area contributed by atoms with Crippen molar-refractivity contribution >= 4 is 33.7 Å². The van der Waals surface area contributed by atoms with E-state index >= 15 is 0 Å². The average Bonchev–Trinajstić information content (AvgIpc) is 2.94. The third-order valence-electron chi connectivity index (χ3n) is 5.19. The molecule has 29 heavy (non-hydrogen) atoms. The molecule has 0 N–H and O–H groups in total. The van der Waals surface area contributed by atoms with Crippen LogP contribution in [-0.2, 0) is 4.74 Å². The van der Waals surface area contributed by atoms with Crippen LogP contribution in [0.2, 0.25) is 5.02 Å². The maximum absolute atomic E-state index is 9.21. The van der Waals surface area contributed by atoms with Gasteiger partial charge in [-0.2, -0.15) is 5.26 Å². The van der Waals surface area contributed by atoms with Gasteiger partial charge in [-0.05, 0) is 40.8 Å². The summed E-state index contributed by atoms with van der Waals surface area (Å²) in [5, 5.41) is 12.1. The highest BCUT2D eigenvalue weighted by Crippen LogP contribution is 2.45. The number of nitriles is 1. The van der Waals surface area contributed by atoms with E-state index in [1.807, 2.05) is 48.5 Å².